The highest BCUT2D eigenvalue weighted by molar-refractivity contribution is 6.09. The van der Waals surface area contributed by atoms with E-state index in [1.165, 1.54) is 0 Å². The summed E-state index contributed by atoms with van der Waals surface area (Å²) in [7, 11) is 0. The van der Waals surface area contributed by atoms with Crippen LogP contribution in [0.2, 0.25) is 0 Å². The molecule has 1 aromatic rings. The van der Waals surface area contributed by atoms with E-state index in [1.54, 1.807) is 19.1 Å². The Morgan fingerprint density at radius 2 is 1.88 bits per heavy atom. The highest BCUT2D eigenvalue weighted by Gasteiger charge is 2.49. The first-order valence-electron chi connectivity index (χ1n) is 8.96. The Kier molecular flexibility index (Phi) is 4.79. The van der Waals surface area contributed by atoms with Crippen molar-refractivity contribution in [3.8, 4) is 0 Å². The van der Waals surface area contributed by atoms with Gasteiger partial charge in [-0.3, -0.25) is 14.5 Å². The second-order valence-electron chi connectivity index (χ2n) is 6.93. The van der Waals surface area contributed by atoms with E-state index in [2.05, 4.69) is 5.32 Å². The Bertz CT molecular complexity index is 670. The number of urea groups is 1. The minimum atomic E-state index is -1.12. The number of benzene rings is 1. The summed E-state index contributed by atoms with van der Waals surface area (Å²) in [6, 6.07) is 8.85. The summed E-state index contributed by atoms with van der Waals surface area (Å²) in [5.74, 6) is -0.533. The van der Waals surface area contributed by atoms with Crippen molar-refractivity contribution in [1.29, 1.82) is 0 Å². The third-order valence-electron chi connectivity index (χ3n) is 5.35. The third kappa shape index (κ3) is 3.13. The van der Waals surface area contributed by atoms with Gasteiger partial charge in [-0.15, -0.1) is 0 Å². The monoisotopic (exact) mass is 343 g/mol. The molecule has 2 fully saturated rings. The lowest BCUT2D eigenvalue weighted by molar-refractivity contribution is -0.140. The highest BCUT2D eigenvalue weighted by Crippen LogP contribution is 2.29. The molecule has 1 saturated heterocycles. The SMILES string of the molecule is CCN(C(=O)CN1C(=O)NC(C)(c2ccccc2)C1=O)C1CCCC1. The van der Waals surface area contributed by atoms with E-state index in [9.17, 15) is 14.4 Å². The highest BCUT2D eigenvalue weighted by atomic mass is 16.2. The van der Waals surface area contributed by atoms with Crippen LogP contribution in [0.25, 0.3) is 0 Å². The first kappa shape index (κ1) is 17.5. The number of hydrogen-bond acceptors (Lipinski definition) is 3. The Morgan fingerprint density at radius 3 is 2.48 bits per heavy atom. The molecule has 1 unspecified atom stereocenters. The fourth-order valence-corrected chi connectivity index (χ4v) is 3.89. The van der Waals surface area contributed by atoms with Gasteiger partial charge in [0.15, 0.2) is 0 Å². The van der Waals surface area contributed by atoms with Gasteiger partial charge in [0.2, 0.25) is 5.91 Å². The van der Waals surface area contributed by atoms with Crippen molar-refractivity contribution in [2.75, 3.05) is 13.1 Å². The number of carbonyl (C=O) groups excluding carboxylic acids is 3. The van der Waals surface area contributed by atoms with Gasteiger partial charge in [0.25, 0.3) is 5.91 Å². The predicted molar refractivity (Wildman–Crippen MR) is 93.7 cm³/mol. The molecule has 2 aliphatic rings. The van der Waals surface area contributed by atoms with Crippen molar-refractivity contribution in [2.45, 2.75) is 51.1 Å². The molecule has 0 spiro atoms. The number of hydrogen-bond donors (Lipinski definition) is 1. The average molecular weight is 343 g/mol. The lowest BCUT2D eigenvalue weighted by atomic mass is 9.92. The van der Waals surface area contributed by atoms with Gasteiger partial charge in [-0.25, -0.2) is 4.79 Å². The smallest absolute Gasteiger partial charge is 0.325 e. The number of imide groups is 1. The molecule has 1 atom stereocenters. The van der Waals surface area contributed by atoms with E-state index in [4.69, 9.17) is 0 Å². The number of amides is 4. The van der Waals surface area contributed by atoms with Gasteiger partial charge in [0.1, 0.15) is 12.1 Å². The van der Waals surface area contributed by atoms with Crippen molar-refractivity contribution in [1.82, 2.24) is 15.1 Å². The lowest BCUT2D eigenvalue weighted by Gasteiger charge is -2.29. The molecule has 25 heavy (non-hydrogen) atoms. The first-order chi connectivity index (χ1) is 12.0. The summed E-state index contributed by atoms with van der Waals surface area (Å²) < 4.78 is 0. The van der Waals surface area contributed by atoms with E-state index in [0.717, 1.165) is 30.6 Å². The maximum absolute atomic E-state index is 12.9. The molecule has 1 aromatic carbocycles. The number of nitrogens with one attached hydrogen (secondary N) is 1. The van der Waals surface area contributed by atoms with Crippen LogP contribution < -0.4 is 5.32 Å². The Labute approximate surface area is 148 Å². The minimum Gasteiger partial charge on any atom is -0.338 e. The number of carbonyl (C=O) groups is 3. The van der Waals surface area contributed by atoms with Crippen molar-refractivity contribution in [3.05, 3.63) is 35.9 Å². The van der Waals surface area contributed by atoms with E-state index in [0.29, 0.717) is 12.1 Å². The van der Waals surface area contributed by atoms with Crippen molar-refractivity contribution in [3.63, 3.8) is 0 Å². The molecule has 134 valence electrons. The largest absolute Gasteiger partial charge is 0.338 e. The van der Waals surface area contributed by atoms with Gasteiger partial charge >= 0.3 is 6.03 Å². The van der Waals surface area contributed by atoms with E-state index in [-0.39, 0.29) is 24.4 Å². The summed E-state index contributed by atoms with van der Waals surface area (Å²) in [5, 5.41) is 2.74. The van der Waals surface area contributed by atoms with Crippen molar-refractivity contribution in [2.24, 2.45) is 0 Å². The maximum atomic E-state index is 12.9. The summed E-state index contributed by atoms with van der Waals surface area (Å²) in [6.45, 7) is 4.03. The average Bonchev–Trinajstić information content (AvgIpc) is 3.20. The van der Waals surface area contributed by atoms with E-state index < -0.39 is 11.6 Å². The second-order valence-corrected chi connectivity index (χ2v) is 6.93. The molecule has 6 nitrogen and oxygen atoms in total. The number of rotatable bonds is 5. The van der Waals surface area contributed by atoms with Crippen LogP contribution in [0.3, 0.4) is 0 Å². The minimum absolute atomic E-state index is 0.157. The van der Waals surface area contributed by atoms with Crippen molar-refractivity contribution < 1.29 is 14.4 Å². The molecule has 3 rings (SSSR count). The number of nitrogens with zero attached hydrogens (tertiary/aromatic N) is 2. The van der Waals surface area contributed by atoms with Gasteiger partial charge in [-0.05, 0) is 32.3 Å². The van der Waals surface area contributed by atoms with Crippen LogP contribution in [-0.2, 0) is 15.1 Å². The van der Waals surface area contributed by atoms with Crippen LogP contribution in [0.4, 0.5) is 4.79 Å². The quantitative estimate of drug-likeness (QED) is 0.834. The molecule has 1 aliphatic carbocycles. The van der Waals surface area contributed by atoms with Crippen LogP contribution in [0.1, 0.15) is 45.1 Å². The summed E-state index contributed by atoms with van der Waals surface area (Å²) in [4.78, 5) is 40.8. The third-order valence-corrected chi connectivity index (χ3v) is 5.35. The van der Waals surface area contributed by atoms with Gasteiger partial charge in [0, 0.05) is 12.6 Å². The zero-order valence-electron chi connectivity index (χ0n) is 14.8. The van der Waals surface area contributed by atoms with Gasteiger partial charge in [-0.2, -0.15) is 0 Å². The normalized spacial score (nSPS) is 23.8. The molecular formula is C19H25N3O3. The Morgan fingerprint density at radius 1 is 1.24 bits per heavy atom. The summed E-state index contributed by atoms with van der Waals surface area (Å²) >= 11 is 0. The van der Waals surface area contributed by atoms with Gasteiger partial charge in [0.05, 0.1) is 0 Å². The molecular weight excluding hydrogens is 318 g/mol. The van der Waals surface area contributed by atoms with Crippen LogP contribution in [0.5, 0.6) is 0 Å². The van der Waals surface area contributed by atoms with Gasteiger partial charge in [-0.1, -0.05) is 43.2 Å². The topological polar surface area (TPSA) is 69.7 Å². The molecule has 1 N–H and O–H groups in total. The first-order valence-corrected chi connectivity index (χ1v) is 8.96. The van der Waals surface area contributed by atoms with Crippen LogP contribution in [-0.4, -0.2) is 46.8 Å². The van der Waals surface area contributed by atoms with E-state index in [1.807, 2.05) is 30.0 Å². The maximum Gasteiger partial charge on any atom is 0.325 e. The zero-order chi connectivity index (χ0) is 18.0. The molecule has 1 saturated carbocycles. The fraction of sp³-hybridized carbons (Fsp3) is 0.526. The molecule has 4 amide bonds. The second kappa shape index (κ2) is 6.86. The standard InChI is InChI=1S/C19H25N3O3/c1-3-21(15-11-7-8-12-15)16(23)13-22-17(24)19(2,20-18(22)25)14-9-5-4-6-10-14/h4-6,9-10,15H,3,7-8,11-13H2,1-2H3,(H,20,25). The van der Waals surface area contributed by atoms with Crippen LogP contribution >= 0.6 is 0 Å². The molecule has 0 radical (unpaired) electrons. The molecule has 1 heterocycles. The van der Waals surface area contributed by atoms with Crippen LogP contribution in [0, 0.1) is 0 Å². The molecule has 0 bridgehead atoms. The summed E-state index contributed by atoms with van der Waals surface area (Å²) in [5.41, 5.74) is -0.408. The van der Waals surface area contributed by atoms with Crippen LogP contribution in [0.15, 0.2) is 30.3 Å². The fourth-order valence-electron chi connectivity index (χ4n) is 3.89. The lowest BCUT2D eigenvalue weighted by Crippen LogP contribution is -2.47. The number of likely N-dealkylation sites (N-methyl/N-ethyl adjacent to an activating group) is 1. The molecule has 1 aliphatic heterocycles. The van der Waals surface area contributed by atoms with Crippen molar-refractivity contribution >= 4 is 17.8 Å². The summed E-state index contributed by atoms with van der Waals surface area (Å²) in [6.07, 6.45) is 4.26. The molecule has 0 aromatic heterocycles. The zero-order valence-corrected chi connectivity index (χ0v) is 14.8. The van der Waals surface area contributed by atoms with Gasteiger partial charge < -0.3 is 10.2 Å². The Hall–Kier alpha value is -2.37. The molecule has 6 heteroatoms. The Balaban J connectivity index is 1.75. The predicted octanol–water partition coefficient (Wildman–Crippen LogP) is 2.24. The van der Waals surface area contributed by atoms with E-state index >= 15 is 0 Å².